The summed E-state index contributed by atoms with van der Waals surface area (Å²) in [6, 6.07) is 7.94. The summed E-state index contributed by atoms with van der Waals surface area (Å²) in [6.45, 7) is 2.71. The summed E-state index contributed by atoms with van der Waals surface area (Å²) < 4.78 is 5.81. The second kappa shape index (κ2) is 7.14. The van der Waals surface area contributed by atoms with E-state index in [-0.39, 0.29) is 24.4 Å². The maximum atomic E-state index is 12.6. The van der Waals surface area contributed by atoms with Crippen LogP contribution in [0.4, 0.5) is 0 Å². The van der Waals surface area contributed by atoms with Crippen molar-refractivity contribution in [2.24, 2.45) is 5.92 Å². The van der Waals surface area contributed by atoms with E-state index < -0.39 is 0 Å². The molecule has 1 saturated heterocycles. The molecule has 1 aromatic carbocycles. The average Bonchev–Trinajstić information content (AvgIpc) is 2.91. The van der Waals surface area contributed by atoms with Crippen LogP contribution in [0.25, 0.3) is 0 Å². The molecule has 2 aliphatic heterocycles. The number of benzene rings is 1. The molecule has 1 N–H and O–H groups in total. The molecular weight excluding hydrogens is 288 g/mol. The third-order valence-corrected chi connectivity index (χ3v) is 4.25. The number of hydrogen-bond donors (Lipinski definition) is 1. The lowest BCUT2D eigenvalue weighted by Gasteiger charge is -2.34. The van der Waals surface area contributed by atoms with Crippen LogP contribution >= 0.6 is 12.4 Å². The lowest BCUT2D eigenvalue weighted by Crippen LogP contribution is -2.47. The van der Waals surface area contributed by atoms with Crippen LogP contribution in [0.1, 0.15) is 18.4 Å². The van der Waals surface area contributed by atoms with Crippen molar-refractivity contribution in [2.75, 3.05) is 26.7 Å². The first-order valence-electron chi connectivity index (χ1n) is 7.46. The highest BCUT2D eigenvalue weighted by Crippen LogP contribution is 2.29. The molecule has 1 fully saturated rings. The predicted octanol–water partition coefficient (Wildman–Crippen LogP) is 1.87. The van der Waals surface area contributed by atoms with E-state index in [0.29, 0.717) is 12.3 Å². The SMILES string of the molecule is CNCC1CCCN(C(=O)C2Cc3ccccc3O2)C1.Cl. The number of ether oxygens (including phenoxy) is 1. The van der Waals surface area contributed by atoms with Crippen molar-refractivity contribution >= 4 is 18.3 Å². The van der Waals surface area contributed by atoms with Crippen LogP contribution < -0.4 is 10.1 Å². The van der Waals surface area contributed by atoms with Gasteiger partial charge in [0, 0.05) is 19.5 Å². The summed E-state index contributed by atoms with van der Waals surface area (Å²) in [7, 11) is 1.97. The molecule has 3 rings (SSSR count). The molecule has 116 valence electrons. The van der Waals surface area contributed by atoms with Gasteiger partial charge in [0.2, 0.25) is 0 Å². The van der Waals surface area contributed by atoms with Gasteiger partial charge >= 0.3 is 0 Å². The van der Waals surface area contributed by atoms with E-state index in [0.717, 1.165) is 37.4 Å². The molecule has 0 radical (unpaired) electrons. The Balaban J connectivity index is 0.00000161. The van der Waals surface area contributed by atoms with Gasteiger partial charge < -0.3 is 15.0 Å². The molecule has 0 saturated carbocycles. The van der Waals surface area contributed by atoms with Gasteiger partial charge in [-0.25, -0.2) is 0 Å². The second-order valence-electron chi connectivity index (χ2n) is 5.77. The fraction of sp³-hybridized carbons (Fsp3) is 0.562. The third-order valence-electron chi connectivity index (χ3n) is 4.25. The first-order chi connectivity index (χ1) is 9.78. The number of carbonyl (C=O) groups is 1. The molecule has 2 atom stereocenters. The first kappa shape index (κ1) is 16.1. The fourth-order valence-corrected chi connectivity index (χ4v) is 3.24. The monoisotopic (exact) mass is 310 g/mol. The Bertz CT molecular complexity index is 468. The van der Waals surface area contributed by atoms with E-state index in [1.54, 1.807) is 0 Å². The summed E-state index contributed by atoms with van der Waals surface area (Å²) in [5.74, 6) is 1.60. The molecule has 1 amide bonds. The van der Waals surface area contributed by atoms with Gasteiger partial charge in [0.05, 0.1) is 0 Å². The first-order valence-corrected chi connectivity index (χ1v) is 7.46. The van der Waals surface area contributed by atoms with Gasteiger partial charge in [0.15, 0.2) is 6.10 Å². The van der Waals surface area contributed by atoms with Crippen LogP contribution in [-0.2, 0) is 11.2 Å². The van der Waals surface area contributed by atoms with E-state index >= 15 is 0 Å². The largest absolute Gasteiger partial charge is 0.480 e. The van der Waals surface area contributed by atoms with Crippen LogP contribution in [0.3, 0.4) is 0 Å². The Hall–Kier alpha value is -1.26. The topological polar surface area (TPSA) is 41.6 Å². The minimum atomic E-state index is -0.319. The minimum absolute atomic E-state index is 0. The van der Waals surface area contributed by atoms with Crippen LogP contribution in [0.2, 0.25) is 0 Å². The Kier molecular flexibility index (Phi) is 5.48. The second-order valence-corrected chi connectivity index (χ2v) is 5.77. The number of carbonyl (C=O) groups excluding carboxylic acids is 1. The Labute approximate surface area is 132 Å². The van der Waals surface area contributed by atoms with Crippen LogP contribution in [-0.4, -0.2) is 43.6 Å². The summed E-state index contributed by atoms with van der Waals surface area (Å²) in [5.41, 5.74) is 1.15. The van der Waals surface area contributed by atoms with Crippen LogP contribution in [0.15, 0.2) is 24.3 Å². The number of halogens is 1. The number of nitrogens with one attached hydrogen (secondary N) is 1. The normalized spacial score (nSPS) is 24.0. The van der Waals surface area contributed by atoms with Gasteiger partial charge in [-0.1, -0.05) is 18.2 Å². The van der Waals surface area contributed by atoms with Crippen molar-refractivity contribution in [3.8, 4) is 5.75 Å². The Morgan fingerprint density at radius 2 is 2.24 bits per heavy atom. The molecule has 2 unspecified atom stereocenters. The third kappa shape index (κ3) is 3.50. The number of fused-ring (bicyclic) bond motifs is 1. The fourth-order valence-electron chi connectivity index (χ4n) is 3.24. The van der Waals surface area contributed by atoms with Gasteiger partial charge in [-0.15, -0.1) is 12.4 Å². The van der Waals surface area contributed by atoms with Crippen molar-refractivity contribution in [1.29, 1.82) is 0 Å². The van der Waals surface area contributed by atoms with E-state index in [1.807, 2.05) is 36.2 Å². The molecule has 0 aromatic heterocycles. The zero-order valence-corrected chi connectivity index (χ0v) is 13.2. The highest BCUT2D eigenvalue weighted by Gasteiger charge is 2.34. The van der Waals surface area contributed by atoms with Gasteiger partial charge in [0.1, 0.15) is 5.75 Å². The number of hydrogen-bond acceptors (Lipinski definition) is 3. The van der Waals surface area contributed by atoms with E-state index in [9.17, 15) is 4.79 Å². The van der Waals surface area contributed by atoms with Gasteiger partial charge in [-0.2, -0.15) is 0 Å². The summed E-state index contributed by atoms with van der Waals surface area (Å²) in [4.78, 5) is 14.6. The summed E-state index contributed by atoms with van der Waals surface area (Å²) in [5, 5.41) is 3.21. The highest BCUT2D eigenvalue weighted by molar-refractivity contribution is 5.85. The number of nitrogens with zero attached hydrogens (tertiary/aromatic N) is 1. The van der Waals surface area contributed by atoms with Gasteiger partial charge in [-0.05, 0) is 44.0 Å². The lowest BCUT2D eigenvalue weighted by molar-refractivity contribution is -0.139. The zero-order chi connectivity index (χ0) is 13.9. The average molecular weight is 311 g/mol. The molecule has 1 aromatic rings. The molecule has 0 bridgehead atoms. The molecular formula is C16H23ClN2O2. The van der Waals surface area contributed by atoms with E-state index in [2.05, 4.69) is 5.32 Å². The molecule has 21 heavy (non-hydrogen) atoms. The minimum Gasteiger partial charge on any atom is -0.480 e. The Morgan fingerprint density at radius 1 is 1.43 bits per heavy atom. The number of likely N-dealkylation sites (tertiary alicyclic amines) is 1. The van der Waals surface area contributed by atoms with Crippen molar-refractivity contribution in [3.63, 3.8) is 0 Å². The number of piperidine rings is 1. The molecule has 5 heteroatoms. The maximum Gasteiger partial charge on any atom is 0.264 e. The molecule has 4 nitrogen and oxygen atoms in total. The van der Waals surface area contributed by atoms with Crippen molar-refractivity contribution in [2.45, 2.75) is 25.4 Å². The van der Waals surface area contributed by atoms with Gasteiger partial charge in [0.25, 0.3) is 5.91 Å². The number of para-hydroxylation sites is 1. The van der Waals surface area contributed by atoms with E-state index in [4.69, 9.17) is 4.74 Å². The highest BCUT2D eigenvalue weighted by atomic mass is 35.5. The smallest absolute Gasteiger partial charge is 0.264 e. The van der Waals surface area contributed by atoms with Crippen LogP contribution in [0.5, 0.6) is 5.75 Å². The molecule has 0 spiro atoms. The van der Waals surface area contributed by atoms with E-state index in [1.165, 1.54) is 6.42 Å². The number of amides is 1. The number of rotatable bonds is 3. The van der Waals surface area contributed by atoms with Crippen molar-refractivity contribution < 1.29 is 9.53 Å². The maximum absolute atomic E-state index is 12.6. The van der Waals surface area contributed by atoms with Crippen molar-refractivity contribution in [3.05, 3.63) is 29.8 Å². The standard InChI is InChI=1S/C16H22N2O2.ClH/c1-17-10-12-5-4-8-18(11-12)16(19)15-9-13-6-2-3-7-14(13)20-15;/h2-3,6-7,12,15,17H,4-5,8-11H2,1H3;1H. The Morgan fingerprint density at radius 3 is 3.00 bits per heavy atom. The molecule has 2 heterocycles. The lowest BCUT2D eigenvalue weighted by atomic mass is 9.97. The van der Waals surface area contributed by atoms with Gasteiger partial charge in [-0.3, -0.25) is 4.79 Å². The summed E-state index contributed by atoms with van der Waals surface area (Å²) >= 11 is 0. The quantitative estimate of drug-likeness (QED) is 0.927. The predicted molar refractivity (Wildman–Crippen MR) is 85.0 cm³/mol. The zero-order valence-electron chi connectivity index (χ0n) is 12.4. The molecule has 0 aliphatic carbocycles. The van der Waals surface area contributed by atoms with Crippen LogP contribution in [0, 0.1) is 5.92 Å². The molecule has 2 aliphatic rings. The van der Waals surface area contributed by atoms with Crippen molar-refractivity contribution in [1.82, 2.24) is 10.2 Å². The summed E-state index contributed by atoms with van der Waals surface area (Å²) in [6.07, 6.45) is 2.69.